The molecule has 0 heterocycles. The summed E-state index contributed by atoms with van der Waals surface area (Å²) in [6.07, 6.45) is 6.36. The van der Waals surface area contributed by atoms with Crippen molar-refractivity contribution in [2.75, 3.05) is 13.2 Å². The van der Waals surface area contributed by atoms with E-state index in [9.17, 15) is 9.59 Å². The van der Waals surface area contributed by atoms with Crippen LogP contribution in [0.1, 0.15) is 58.8 Å². The summed E-state index contributed by atoms with van der Waals surface area (Å²) in [5.41, 5.74) is 2.52. The number of nitrogens with zero attached hydrogens (tertiary/aromatic N) is 1. The first-order valence-electron chi connectivity index (χ1n) is 7.58. The van der Waals surface area contributed by atoms with Crippen LogP contribution in [0.3, 0.4) is 0 Å². The van der Waals surface area contributed by atoms with Crippen LogP contribution in [-0.4, -0.2) is 36.5 Å². The van der Waals surface area contributed by atoms with Crippen LogP contribution in [0.25, 0.3) is 0 Å². The van der Waals surface area contributed by atoms with Crippen LogP contribution in [0.15, 0.2) is 0 Å². The molecule has 0 radical (unpaired) electrons. The van der Waals surface area contributed by atoms with Gasteiger partial charge in [-0.15, -0.1) is 0 Å². The molecule has 1 rings (SSSR count). The molecular formula is C14H26N2O4. The van der Waals surface area contributed by atoms with Gasteiger partial charge < -0.3 is 9.47 Å². The highest BCUT2D eigenvalue weighted by Crippen LogP contribution is 2.21. The Kier molecular flexibility index (Phi) is 7.84. The number of amides is 2. The number of hydrogen-bond acceptors (Lipinski definition) is 4. The Labute approximate surface area is 120 Å². The molecule has 20 heavy (non-hydrogen) atoms. The summed E-state index contributed by atoms with van der Waals surface area (Å²) in [5.74, 6) is 0. The predicted octanol–water partition coefficient (Wildman–Crippen LogP) is 3.22. The van der Waals surface area contributed by atoms with Gasteiger partial charge in [-0.1, -0.05) is 32.1 Å². The molecule has 0 aromatic heterocycles. The summed E-state index contributed by atoms with van der Waals surface area (Å²) >= 11 is 0. The molecule has 6 nitrogen and oxygen atoms in total. The van der Waals surface area contributed by atoms with Crippen LogP contribution in [-0.2, 0) is 9.47 Å². The van der Waals surface area contributed by atoms with Crippen LogP contribution in [0.5, 0.6) is 0 Å². The predicted molar refractivity (Wildman–Crippen MR) is 75.1 cm³/mol. The van der Waals surface area contributed by atoms with Crippen LogP contribution >= 0.6 is 0 Å². The van der Waals surface area contributed by atoms with Gasteiger partial charge in [0.2, 0.25) is 0 Å². The SMILES string of the molecule is CCOC(=O)NN(C(=O)OCC)C1CCCCCCC1. The van der Waals surface area contributed by atoms with Gasteiger partial charge in [-0.3, -0.25) is 0 Å². The molecule has 0 aromatic rings. The molecule has 0 spiro atoms. The average Bonchev–Trinajstić information content (AvgIpc) is 2.37. The smallest absolute Gasteiger partial charge is 0.429 e. The molecule has 1 N–H and O–H groups in total. The van der Waals surface area contributed by atoms with Crippen molar-refractivity contribution in [2.24, 2.45) is 0 Å². The molecular weight excluding hydrogens is 260 g/mol. The van der Waals surface area contributed by atoms with Crippen molar-refractivity contribution >= 4 is 12.2 Å². The minimum atomic E-state index is -0.609. The van der Waals surface area contributed by atoms with Crippen molar-refractivity contribution in [3.63, 3.8) is 0 Å². The number of rotatable bonds is 3. The maximum Gasteiger partial charge on any atom is 0.429 e. The Balaban J connectivity index is 2.67. The summed E-state index contributed by atoms with van der Waals surface area (Å²) in [6.45, 7) is 4.03. The molecule has 0 unspecified atom stereocenters. The van der Waals surface area contributed by atoms with E-state index in [-0.39, 0.29) is 19.3 Å². The highest BCUT2D eigenvalue weighted by Gasteiger charge is 2.27. The quantitative estimate of drug-likeness (QED) is 0.809. The third-order valence-corrected chi connectivity index (χ3v) is 3.39. The van der Waals surface area contributed by atoms with Crippen LogP contribution in [0, 0.1) is 0 Å². The first-order chi connectivity index (χ1) is 9.69. The lowest BCUT2D eigenvalue weighted by atomic mass is 9.96. The minimum absolute atomic E-state index is 0.0150. The second kappa shape index (κ2) is 9.44. The lowest BCUT2D eigenvalue weighted by molar-refractivity contribution is 0.0489. The largest absolute Gasteiger partial charge is 0.449 e. The van der Waals surface area contributed by atoms with E-state index in [2.05, 4.69) is 5.43 Å². The van der Waals surface area contributed by atoms with Gasteiger partial charge in [0, 0.05) is 0 Å². The lowest BCUT2D eigenvalue weighted by Gasteiger charge is -2.31. The molecule has 1 aliphatic carbocycles. The molecule has 0 bridgehead atoms. The van der Waals surface area contributed by atoms with Crippen molar-refractivity contribution in [1.29, 1.82) is 0 Å². The monoisotopic (exact) mass is 286 g/mol. The summed E-state index contributed by atoms with van der Waals surface area (Å²) in [4.78, 5) is 23.6. The number of nitrogens with one attached hydrogen (secondary N) is 1. The fourth-order valence-electron chi connectivity index (χ4n) is 2.43. The topological polar surface area (TPSA) is 67.9 Å². The standard InChI is InChI=1S/C14H26N2O4/c1-3-19-13(17)15-16(14(18)20-4-2)12-10-8-6-5-7-9-11-12/h12H,3-11H2,1-2H3,(H,15,17). The molecule has 2 amide bonds. The Hall–Kier alpha value is -1.46. The van der Waals surface area contributed by atoms with E-state index in [4.69, 9.17) is 9.47 Å². The molecule has 1 saturated carbocycles. The second-order valence-corrected chi connectivity index (χ2v) is 4.90. The number of hydrazine groups is 1. The lowest BCUT2D eigenvalue weighted by Crippen LogP contribution is -2.52. The summed E-state index contributed by atoms with van der Waals surface area (Å²) in [6, 6.07) is -0.0150. The number of hydrogen-bond donors (Lipinski definition) is 1. The zero-order valence-corrected chi connectivity index (χ0v) is 12.5. The van der Waals surface area contributed by atoms with E-state index in [1.54, 1.807) is 13.8 Å². The molecule has 0 aromatic carbocycles. The third kappa shape index (κ3) is 5.67. The van der Waals surface area contributed by atoms with Gasteiger partial charge in [0.05, 0.1) is 19.3 Å². The van der Waals surface area contributed by atoms with Crippen molar-refractivity contribution < 1.29 is 19.1 Å². The summed E-state index contributed by atoms with van der Waals surface area (Å²) < 4.78 is 9.87. The highest BCUT2D eigenvalue weighted by atomic mass is 16.6. The number of carbonyl (C=O) groups is 2. The van der Waals surface area contributed by atoms with Gasteiger partial charge in [0.25, 0.3) is 0 Å². The first-order valence-corrected chi connectivity index (χ1v) is 7.58. The number of ether oxygens (including phenoxy) is 2. The van der Waals surface area contributed by atoms with Crippen molar-refractivity contribution in [3.05, 3.63) is 0 Å². The molecule has 1 fully saturated rings. The van der Waals surface area contributed by atoms with E-state index in [1.807, 2.05) is 0 Å². The normalized spacial score (nSPS) is 16.7. The molecule has 0 atom stereocenters. The van der Waals surface area contributed by atoms with Crippen LogP contribution in [0.2, 0.25) is 0 Å². The zero-order chi connectivity index (χ0) is 14.8. The molecule has 0 aliphatic heterocycles. The van der Waals surface area contributed by atoms with Crippen molar-refractivity contribution in [2.45, 2.75) is 64.8 Å². The van der Waals surface area contributed by atoms with E-state index in [0.29, 0.717) is 0 Å². The van der Waals surface area contributed by atoms with Crippen LogP contribution in [0.4, 0.5) is 9.59 Å². The van der Waals surface area contributed by atoms with E-state index < -0.39 is 12.2 Å². The molecule has 6 heteroatoms. The van der Waals surface area contributed by atoms with E-state index in [1.165, 1.54) is 24.3 Å². The van der Waals surface area contributed by atoms with Crippen molar-refractivity contribution in [1.82, 2.24) is 10.4 Å². The fourth-order valence-corrected chi connectivity index (χ4v) is 2.43. The summed E-state index contributed by atoms with van der Waals surface area (Å²) in [5, 5.41) is 1.31. The first kappa shape index (κ1) is 16.6. The Morgan fingerprint density at radius 3 is 2.10 bits per heavy atom. The Bertz CT molecular complexity index is 302. The fraction of sp³-hybridized carbons (Fsp3) is 0.857. The zero-order valence-electron chi connectivity index (χ0n) is 12.5. The third-order valence-electron chi connectivity index (χ3n) is 3.39. The number of carbonyl (C=O) groups excluding carboxylic acids is 2. The second-order valence-electron chi connectivity index (χ2n) is 4.90. The van der Waals surface area contributed by atoms with Gasteiger partial charge >= 0.3 is 12.2 Å². The van der Waals surface area contributed by atoms with E-state index in [0.717, 1.165) is 25.7 Å². The average molecular weight is 286 g/mol. The van der Waals surface area contributed by atoms with Gasteiger partial charge in [0.1, 0.15) is 0 Å². The Morgan fingerprint density at radius 1 is 1.00 bits per heavy atom. The summed E-state index contributed by atoms with van der Waals surface area (Å²) in [7, 11) is 0. The maximum absolute atomic E-state index is 12.0. The minimum Gasteiger partial charge on any atom is -0.449 e. The maximum atomic E-state index is 12.0. The van der Waals surface area contributed by atoms with Crippen molar-refractivity contribution in [3.8, 4) is 0 Å². The van der Waals surface area contributed by atoms with Gasteiger partial charge in [-0.05, 0) is 26.7 Å². The van der Waals surface area contributed by atoms with Gasteiger partial charge in [-0.25, -0.2) is 20.0 Å². The van der Waals surface area contributed by atoms with Crippen LogP contribution < -0.4 is 5.43 Å². The molecule has 1 aliphatic rings. The van der Waals surface area contributed by atoms with Gasteiger partial charge in [0.15, 0.2) is 0 Å². The Morgan fingerprint density at radius 2 is 1.55 bits per heavy atom. The highest BCUT2D eigenvalue weighted by molar-refractivity contribution is 5.74. The van der Waals surface area contributed by atoms with E-state index >= 15 is 0 Å². The van der Waals surface area contributed by atoms with Gasteiger partial charge in [-0.2, -0.15) is 0 Å². The molecule has 116 valence electrons. The molecule has 0 saturated heterocycles.